The van der Waals surface area contributed by atoms with Crippen LogP contribution in [0, 0.1) is 17.8 Å². The van der Waals surface area contributed by atoms with Crippen LogP contribution in [0.1, 0.15) is 106 Å². The Morgan fingerprint density at radius 3 is 1.36 bits per heavy atom. The van der Waals surface area contributed by atoms with Gasteiger partial charge in [0.05, 0.1) is 26.4 Å². The van der Waals surface area contributed by atoms with Crippen LogP contribution >= 0.6 is 0 Å². The van der Waals surface area contributed by atoms with E-state index in [1.54, 1.807) is 7.11 Å². The molecule has 3 heteroatoms. The lowest BCUT2D eigenvalue weighted by Gasteiger charge is -2.24. The maximum atomic E-state index is 4.99. The van der Waals surface area contributed by atoms with Crippen LogP contribution in [0.5, 0.6) is 0 Å². The highest BCUT2D eigenvalue weighted by Gasteiger charge is 2.16. The van der Waals surface area contributed by atoms with Gasteiger partial charge in [0.1, 0.15) is 0 Å². The number of methoxy groups -OCH3 is 1. The SMILES string of the molecule is CC1CCCCC1.CCC.CCC1COC1.CCCC1COC1.CCCOC. The van der Waals surface area contributed by atoms with Gasteiger partial charge in [-0.1, -0.05) is 86.5 Å². The van der Waals surface area contributed by atoms with E-state index >= 15 is 0 Å². The molecule has 3 aliphatic rings. The normalized spacial score (nSPS) is 19.0. The first kappa shape index (κ1) is 30.1. The van der Waals surface area contributed by atoms with E-state index in [0.717, 1.165) is 57.2 Å². The summed E-state index contributed by atoms with van der Waals surface area (Å²) in [5, 5.41) is 0. The van der Waals surface area contributed by atoms with E-state index in [2.05, 4.69) is 41.5 Å². The minimum atomic E-state index is 0.889. The Morgan fingerprint density at radius 2 is 1.25 bits per heavy atom. The first-order valence-electron chi connectivity index (χ1n) is 12.2. The van der Waals surface area contributed by atoms with Crippen LogP contribution < -0.4 is 0 Å². The van der Waals surface area contributed by atoms with Crippen molar-refractivity contribution in [3.05, 3.63) is 0 Å². The summed E-state index contributed by atoms with van der Waals surface area (Å²) in [6.45, 7) is 18.1. The van der Waals surface area contributed by atoms with Crippen molar-refractivity contribution >= 4 is 0 Å². The van der Waals surface area contributed by atoms with Crippen molar-refractivity contribution < 1.29 is 14.2 Å². The summed E-state index contributed by atoms with van der Waals surface area (Å²) in [6.07, 6.45) is 13.8. The fourth-order valence-electron chi connectivity index (χ4n) is 2.89. The Hall–Kier alpha value is -0.120. The third-order valence-electron chi connectivity index (χ3n) is 4.99. The minimum absolute atomic E-state index is 0.889. The van der Waals surface area contributed by atoms with Crippen molar-refractivity contribution in [3.63, 3.8) is 0 Å². The zero-order chi connectivity index (χ0) is 21.5. The Morgan fingerprint density at radius 1 is 0.750 bits per heavy atom. The van der Waals surface area contributed by atoms with Crippen molar-refractivity contribution in [2.45, 2.75) is 106 Å². The molecule has 0 unspecified atom stereocenters. The molecule has 0 radical (unpaired) electrons. The fourth-order valence-corrected chi connectivity index (χ4v) is 2.89. The lowest BCUT2D eigenvalue weighted by molar-refractivity contribution is -0.0356. The lowest BCUT2D eigenvalue weighted by Crippen LogP contribution is -2.26. The molecule has 0 N–H and O–H groups in total. The molecule has 0 bridgehead atoms. The molecule has 3 fully saturated rings. The van der Waals surface area contributed by atoms with E-state index < -0.39 is 0 Å². The van der Waals surface area contributed by atoms with E-state index in [9.17, 15) is 0 Å². The van der Waals surface area contributed by atoms with Gasteiger partial charge in [-0.2, -0.15) is 0 Å². The summed E-state index contributed by atoms with van der Waals surface area (Å²) in [5.74, 6) is 2.84. The van der Waals surface area contributed by atoms with Gasteiger partial charge in [-0.3, -0.25) is 0 Å². The maximum Gasteiger partial charge on any atom is 0.0516 e. The molecule has 0 amide bonds. The van der Waals surface area contributed by atoms with E-state index in [4.69, 9.17) is 14.2 Å². The van der Waals surface area contributed by atoms with Crippen molar-refractivity contribution in [3.8, 4) is 0 Å². The molecule has 0 spiro atoms. The molecule has 2 saturated heterocycles. The average Bonchev–Trinajstić information content (AvgIpc) is 2.61. The second-order valence-electron chi connectivity index (χ2n) is 8.45. The molecule has 1 aliphatic carbocycles. The second kappa shape index (κ2) is 24.9. The second-order valence-corrected chi connectivity index (χ2v) is 8.45. The molecule has 3 rings (SSSR count). The van der Waals surface area contributed by atoms with Crippen molar-refractivity contribution in [1.29, 1.82) is 0 Å². The maximum absolute atomic E-state index is 4.99. The van der Waals surface area contributed by atoms with E-state index in [-0.39, 0.29) is 0 Å². The molecule has 2 aliphatic heterocycles. The molecular weight excluding hydrogens is 348 g/mol. The van der Waals surface area contributed by atoms with Crippen molar-refractivity contribution in [2.75, 3.05) is 40.1 Å². The molecule has 1 saturated carbocycles. The molecule has 172 valence electrons. The van der Waals surface area contributed by atoms with Crippen LogP contribution in [0.25, 0.3) is 0 Å². The fraction of sp³-hybridized carbons (Fsp3) is 1.00. The average molecular weight is 403 g/mol. The third kappa shape index (κ3) is 22.2. The van der Waals surface area contributed by atoms with Gasteiger partial charge in [-0.15, -0.1) is 0 Å². The quantitative estimate of drug-likeness (QED) is 0.476. The van der Waals surface area contributed by atoms with Gasteiger partial charge in [0.25, 0.3) is 0 Å². The van der Waals surface area contributed by atoms with Gasteiger partial charge in [0.2, 0.25) is 0 Å². The molecule has 0 aromatic carbocycles. The standard InChI is InChI=1S/C7H14.C6H12O.C5H10O.C4H10O.C3H8/c1-7-5-3-2-4-6-7;1-2-3-6-4-7-5-6;1-2-5-3-6-4-5;1-3-4-5-2;1-3-2/h7H,2-6H2,1H3;6H,2-5H2,1H3;5H,2-4H2,1H3;3-4H2,1-2H3;3H2,1-2H3. The summed E-state index contributed by atoms with van der Waals surface area (Å²) in [7, 11) is 1.71. The Balaban J connectivity index is 0. The molecule has 0 atom stereocenters. The molecule has 0 aromatic rings. The molecular formula is C25H54O3. The van der Waals surface area contributed by atoms with Crippen LogP contribution in [0.3, 0.4) is 0 Å². The van der Waals surface area contributed by atoms with Gasteiger partial charge in [-0.05, 0) is 25.2 Å². The van der Waals surface area contributed by atoms with Gasteiger partial charge >= 0.3 is 0 Å². The number of hydrogen-bond donors (Lipinski definition) is 0. The van der Waals surface area contributed by atoms with Crippen LogP contribution in [-0.4, -0.2) is 40.1 Å². The number of rotatable bonds is 5. The molecule has 28 heavy (non-hydrogen) atoms. The Labute approximate surface area is 178 Å². The Bertz CT molecular complexity index is 252. The van der Waals surface area contributed by atoms with E-state index in [0.29, 0.717) is 0 Å². The monoisotopic (exact) mass is 402 g/mol. The number of ether oxygens (including phenoxy) is 3. The van der Waals surface area contributed by atoms with E-state index in [1.807, 2.05) is 0 Å². The largest absolute Gasteiger partial charge is 0.385 e. The zero-order valence-electron chi connectivity index (χ0n) is 20.6. The summed E-state index contributed by atoms with van der Waals surface area (Å²) in [6, 6.07) is 0. The first-order chi connectivity index (χ1) is 13.6. The third-order valence-corrected chi connectivity index (χ3v) is 4.99. The number of hydrogen-bond acceptors (Lipinski definition) is 3. The molecule has 3 nitrogen and oxygen atoms in total. The summed E-state index contributed by atoms with van der Waals surface area (Å²) >= 11 is 0. The summed E-state index contributed by atoms with van der Waals surface area (Å²) in [5.41, 5.74) is 0. The highest BCUT2D eigenvalue weighted by Crippen LogP contribution is 2.22. The minimum Gasteiger partial charge on any atom is -0.385 e. The predicted molar refractivity (Wildman–Crippen MR) is 124 cm³/mol. The summed E-state index contributed by atoms with van der Waals surface area (Å²) < 4.78 is 14.6. The topological polar surface area (TPSA) is 27.7 Å². The molecule has 0 aromatic heterocycles. The van der Waals surface area contributed by atoms with Crippen molar-refractivity contribution in [1.82, 2.24) is 0 Å². The lowest BCUT2D eigenvalue weighted by atomic mass is 9.91. The van der Waals surface area contributed by atoms with Crippen molar-refractivity contribution in [2.24, 2.45) is 17.8 Å². The van der Waals surface area contributed by atoms with E-state index in [1.165, 1.54) is 57.8 Å². The zero-order valence-corrected chi connectivity index (χ0v) is 20.6. The van der Waals surface area contributed by atoms with Crippen LogP contribution in [0.4, 0.5) is 0 Å². The van der Waals surface area contributed by atoms with Gasteiger partial charge in [-0.25, -0.2) is 0 Å². The van der Waals surface area contributed by atoms with Crippen LogP contribution in [-0.2, 0) is 14.2 Å². The molecule has 2 heterocycles. The van der Waals surface area contributed by atoms with Crippen LogP contribution in [0.2, 0.25) is 0 Å². The first-order valence-corrected chi connectivity index (χ1v) is 12.2. The summed E-state index contributed by atoms with van der Waals surface area (Å²) in [4.78, 5) is 0. The van der Waals surface area contributed by atoms with Gasteiger partial charge in [0.15, 0.2) is 0 Å². The Kier molecular flexibility index (Phi) is 26.8. The van der Waals surface area contributed by atoms with Gasteiger partial charge in [0, 0.05) is 25.6 Å². The highest BCUT2D eigenvalue weighted by molar-refractivity contribution is 4.63. The van der Waals surface area contributed by atoms with Gasteiger partial charge < -0.3 is 14.2 Å². The predicted octanol–water partition coefficient (Wildman–Crippen LogP) is 7.52. The smallest absolute Gasteiger partial charge is 0.0516 e. The highest BCUT2D eigenvalue weighted by atomic mass is 16.5. The van der Waals surface area contributed by atoms with Crippen LogP contribution in [0.15, 0.2) is 0 Å².